The maximum atomic E-state index is 10.9. The number of nitriles is 1. The Balaban J connectivity index is 2.38. The van der Waals surface area contributed by atoms with E-state index in [0.29, 0.717) is 6.61 Å². The molecule has 0 spiro atoms. The number of cyclic esters (lactones) is 1. The fourth-order valence-electron chi connectivity index (χ4n) is 1.37. The molecule has 0 aromatic rings. The number of nitrogens with zero attached hydrogens (tertiary/aromatic N) is 1. The van der Waals surface area contributed by atoms with E-state index in [4.69, 9.17) is 5.26 Å². The van der Waals surface area contributed by atoms with Gasteiger partial charge in [-0.05, 0) is 0 Å². The zero-order valence-corrected chi connectivity index (χ0v) is 6.59. The Bertz CT molecular complexity index is 247. The van der Waals surface area contributed by atoms with E-state index in [-0.39, 0.29) is 16.7 Å². The lowest BCUT2D eigenvalue weighted by Gasteiger charge is -1.98. The van der Waals surface area contributed by atoms with Crippen molar-refractivity contribution >= 4 is 21.9 Å². The number of carbonyl (C=O) groups excluding carboxylic acids is 1. The summed E-state index contributed by atoms with van der Waals surface area (Å²) in [6.45, 7) is 0.405. The van der Waals surface area contributed by atoms with Crippen LogP contribution in [0, 0.1) is 22.7 Å². The summed E-state index contributed by atoms with van der Waals surface area (Å²) in [7, 11) is 0. The Morgan fingerprint density at radius 3 is 2.90 bits per heavy atom. The van der Waals surface area contributed by atoms with Gasteiger partial charge in [0.25, 0.3) is 0 Å². The van der Waals surface area contributed by atoms with Gasteiger partial charge in [0.05, 0.1) is 17.5 Å². The molecule has 1 saturated carbocycles. The van der Waals surface area contributed by atoms with Gasteiger partial charge in [0.2, 0.25) is 0 Å². The maximum Gasteiger partial charge on any atom is 0.328 e. The number of hydrogen-bond acceptors (Lipinski definition) is 3. The molecule has 0 N–H and O–H groups in total. The van der Waals surface area contributed by atoms with Gasteiger partial charge in [-0.15, -0.1) is 0 Å². The van der Waals surface area contributed by atoms with Crippen molar-refractivity contribution in [3.8, 4) is 6.07 Å². The van der Waals surface area contributed by atoms with Gasteiger partial charge in [0.1, 0.15) is 0 Å². The van der Waals surface area contributed by atoms with Crippen molar-refractivity contribution in [1.29, 1.82) is 5.26 Å². The molecule has 52 valence electrons. The van der Waals surface area contributed by atoms with E-state index in [1.165, 1.54) is 0 Å². The highest BCUT2D eigenvalue weighted by atomic mass is 79.9. The average molecular weight is 202 g/mol. The van der Waals surface area contributed by atoms with Crippen LogP contribution in [-0.2, 0) is 9.53 Å². The summed E-state index contributed by atoms with van der Waals surface area (Å²) in [5.41, 5.74) is -0.819. The molecule has 2 rings (SSSR count). The zero-order valence-electron chi connectivity index (χ0n) is 5.00. The smallest absolute Gasteiger partial charge is 0.328 e. The van der Waals surface area contributed by atoms with Gasteiger partial charge in [0, 0.05) is 5.92 Å². The first-order valence-corrected chi connectivity index (χ1v) is 3.87. The SMILES string of the molecule is N#C[C@]12C(=O)OC[C@H]1[C@H]2Br. The Kier molecular flexibility index (Phi) is 0.948. The molecule has 0 amide bonds. The number of rotatable bonds is 0. The van der Waals surface area contributed by atoms with Crippen molar-refractivity contribution in [2.75, 3.05) is 6.61 Å². The van der Waals surface area contributed by atoms with Crippen LogP contribution in [0.15, 0.2) is 0 Å². The van der Waals surface area contributed by atoms with E-state index >= 15 is 0 Å². The molecule has 1 aliphatic carbocycles. The van der Waals surface area contributed by atoms with Crippen LogP contribution in [0.4, 0.5) is 0 Å². The summed E-state index contributed by atoms with van der Waals surface area (Å²) in [5, 5.41) is 8.63. The summed E-state index contributed by atoms with van der Waals surface area (Å²) in [5.74, 6) is -0.258. The normalized spacial score (nSPS) is 49.4. The molecule has 0 unspecified atom stereocenters. The maximum absolute atomic E-state index is 10.9. The number of esters is 1. The third kappa shape index (κ3) is 0.410. The molecule has 1 heterocycles. The second kappa shape index (κ2) is 1.54. The standard InChI is InChI=1S/C6H4BrNO2/c7-4-3-1-10-5(9)6(3,4)2-8/h3-4H,1H2/t3-,4+,6-/m0/s1. The monoisotopic (exact) mass is 201 g/mol. The lowest BCUT2D eigenvalue weighted by molar-refractivity contribution is -0.142. The van der Waals surface area contributed by atoms with Crippen molar-refractivity contribution < 1.29 is 9.53 Å². The number of halogens is 1. The van der Waals surface area contributed by atoms with Crippen LogP contribution in [0.3, 0.4) is 0 Å². The van der Waals surface area contributed by atoms with Crippen molar-refractivity contribution in [2.24, 2.45) is 11.3 Å². The van der Waals surface area contributed by atoms with Gasteiger partial charge in [-0.3, -0.25) is 4.79 Å². The molecule has 0 bridgehead atoms. The molecule has 0 aromatic carbocycles. The predicted octanol–water partition coefficient (Wildman–Crippen LogP) is 0.446. The third-order valence-electron chi connectivity index (χ3n) is 2.18. The lowest BCUT2D eigenvalue weighted by atomic mass is 10.1. The Hall–Kier alpha value is -0.560. The topological polar surface area (TPSA) is 50.1 Å². The van der Waals surface area contributed by atoms with E-state index < -0.39 is 5.41 Å². The number of ether oxygens (including phenoxy) is 1. The number of carbonyl (C=O) groups is 1. The highest BCUT2D eigenvalue weighted by Gasteiger charge is 2.75. The molecule has 4 heteroatoms. The van der Waals surface area contributed by atoms with Crippen LogP contribution in [0.1, 0.15) is 0 Å². The molecule has 10 heavy (non-hydrogen) atoms. The third-order valence-corrected chi connectivity index (χ3v) is 3.54. The molecule has 1 aliphatic heterocycles. The number of fused-ring (bicyclic) bond motifs is 1. The second-order valence-corrected chi connectivity index (χ2v) is 3.57. The minimum absolute atomic E-state index is 0.0336. The van der Waals surface area contributed by atoms with Crippen LogP contribution in [0.5, 0.6) is 0 Å². The first-order valence-electron chi connectivity index (χ1n) is 2.96. The van der Waals surface area contributed by atoms with E-state index in [1.54, 1.807) is 0 Å². The number of alkyl halides is 1. The minimum Gasteiger partial charge on any atom is -0.464 e. The summed E-state index contributed by atoms with van der Waals surface area (Å²) in [6.07, 6.45) is 0. The van der Waals surface area contributed by atoms with Gasteiger partial charge >= 0.3 is 5.97 Å². The fraction of sp³-hybridized carbons (Fsp3) is 0.667. The molecular formula is C6H4BrNO2. The van der Waals surface area contributed by atoms with Crippen LogP contribution in [0.2, 0.25) is 0 Å². The van der Waals surface area contributed by atoms with E-state index in [2.05, 4.69) is 20.7 Å². The Morgan fingerprint density at radius 1 is 1.90 bits per heavy atom. The van der Waals surface area contributed by atoms with Gasteiger partial charge in [-0.1, -0.05) is 15.9 Å². The Morgan fingerprint density at radius 2 is 2.60 bits per heavy atom. The number of hydrogen-bond donors (Lipinski definition) is 0. The quantitative estimate of drug-likeness (QED) is 0.423. The van der Waals surface area contributed by atoms with E-state index in [9.17, 15) is 4.79 Å². The van der Waals surface area contributed by atoms with Gasteiger partial charge in [0.15, 0.2) is 5.41 Å². The zero-order chi connectivity index (χ0) is 7.35. The first-order chi connectivity index (χ1) is 4.73. The van der Waals surface area contributed by atoms with Crippen LogP contribution in [-0.4, -0.2) is 17.4 Å². The van der Waals surface area contributed by atoms with Crippen LogP contribution in [0.25, 0.3) is 0 Å². The molecule has 0 radical (unpaired) electrons. The fourth-order valence-corrected chi connectivity index (χ4v) is 2.41. The predicted molar refractivity (Wildman–Crippen MR) is 35.2 cm³/mol. The van der Waals surface area contributed by atoms with Gasteiger partial charge in [-0.2, -0.15) is 5.26 Å². The highest BCUT2D eigenvalue weighted by molar-refractivity contribution is 9.09. The van der Waals surface area contributed by atoms with Gasteiger partial charge in [-0.25, -0.2) is 0 Å². The highest BCUT2D eigenvalue weighted by Crippen LogP contribution is 2.61. The molecule has 2 aliphatic rings. The van der Waals surface area contributed by atoms with Crippen molar-refractivity contribution in [3.63, 3.8) is 0 Å². The van der Waals surface area contributed by atoms with Crippen molar-refractivity contribution in [1.82, 2.24) is 0 Å². The summed E-state index contributed by atoms with van der Waals surface area (Å²) in [6, 6.07) is 1.99. The van der Waals surface area contributed by atoms with E-state index in [0.717, 1.165) is 0 Å². The summed E-state index contributed by atoms with van der Waals surface area (Å²) >= 11 is 3.26. The van der Waals surface area contributed by atoms with Crippen LogP contribution >= 0.6 is 15.9 Å². The molecular weight excluding hydrogens is 198 g/mol. The van der Waals surface area contributed by atoms with E-state index in [1.807, 2.05) is 6.07 Å². The van der Waals surface area contributed by atoms with Gasteiger partial charge < -0.3 is 4.74 Å². The van der Waals surface area contributed by atoms with Crippen molar-refractivity contribution in [3.05, 3.63) is 0 Å². The molecule has 3 atom stereocenters. The van der Waals surface area contributed by atoms with Crippen molar-refractivity contribution in [2.45, 2.75) is 4.83 Å². The molecule has 3 nitrogen and oxygen atoms in total. The second-order valence-electron chi connectivity index (χ2n) is 2.59. The molecule has 0 aromatic heterocycles. The largest absolute Gasteiger partial charge is 0.464 e. The summed E-state index contributed by atoms with van der Waals surface area (Å²) in [4.78, 5) is 10.9. The first kappa shape index (κ1) is 6.17. The molecule has 1 saturated heterocycles. The summed E-state index contributed by atoms with van der Waals surface area (Å²) < 4.78 is 4.69. The van der Waals surface area contributed by atoms with Crippen LogP contribution < -0.4 is 0 Å². The lowest BCUT2D eigenvalue weighted by Crippen LogP contribution is -2.15. The molecule has 2 fully saturated rings. The Labute approximate surface area is 66.1 Å². The minimum atomic E-state index is -0.819. The average Bonchev–Trinajstić information content (AvgIpc) is 2.33.